The molecule has 2 fully saturated rings. The van der Waals surface area contributed by atoms with Gasteiger partial charge in [-0.1, -0.05) is 0 Å². The maximum atomic E-state index is 12.4. The van der Waals surface area contributed by atoms with Crippen LogP contribution >= 0.6 is 0 Å². The van der Waals surface area contributed by atoms with Gasteiger partial charge in [-0.05, 0) is 6.92 Å². The van der Waals surface area contributed by atoms with Crippen molar-refractivity contribution in [1.82, 2.24) is 0 Å². The number of fused-ring (bicyclic) bond motifs is 1. The highest BCUT2D eigenvalue weighted by atomic mass is 16.7. The van der Waals surface area contributed by atoms with E-state index in [-0.39, 0.29) is 11.3 Å². The Morgan fingerprint density at radius 3 is 2.12 bits per heavy atom. The Hall–Kier alpha value is -2.07. The van der Waals surface area contributed by atoms with Crippen molar-refractivity contribution in [2.24, 2.45) is 0 Å². The predicted octanol–water partition coefficient (Wildman–Crippen LogP) is -3.44. The van der Waals surface area contributed by atoms with E-state index in [4.69, 9.17) is 14.2 Å². The second-order valence-electron chi connectivity index (χ2n) is 8.46. The van der Waals surface area contributed by atoms with E-state index in [1.165, 1.54) is 0 Å². The summed E-state index contributed by atoms with van der Waals surface area (Å²) in [6.45, 7) is -0.345. The highest BCUT2D eigenvalue weighted by Crippen LogP contribution is 2.55. The second kappa shape index (κ2) is 8.30. The fourth-order valence-electron chi connectivity index (χ4n) is 4.68. The van der Waals surface area contributed by atoms with Crippen molar-refractivity contribution >= 4 is 5.78 Å². The topological polar surface area (TPSA) is 227 Å². The van der Waals surface area contributed by atoms with E-state index in [1.807, 2.05) is 0 Å². The van der Waals surface area contributed by atoms with Gasteiger partial charge in [0, 0.05) is 12.0 Å². The monoisotopic (exact) mass is 474 g/mol. The number of ether oxygens (including phenoxy) is 3. The molecule has 184 valence electrons. The highest BCUT2D eigenvalue weighted by Gasteiger charge is 2.60. The molecule has 1 spiro atoms. The number of rotatable bonds is 4. The van der Waals surface area contributed by atoms with E-state index in [9.17, 15) is 50.8 Å². The number of carbonyl (C=O) groups is 1. The van der Waals surface area contributed by atoms with E-state index < -0.39 is 103 Å². The summed E-state index contributed by atoms with van der Waals surface area (Å²) in [6.07, 6.45) is -13.3. The zero-order chi connectivity index (χ0) is 24.4. The second-order valence-corrected chi connectivity index (χ2v) is 8.46. The third kappa shape index (κ3) is 3.39. The van der Waals surface area contributed by atoms with Gasteiger partial charge >= 0.3 is 0 Å². The van der Waals surface area contributed by atoms with Gasteiger partial charge in [0.05, 0.1) is 18.8 Å². The van der Waals surface area contributed by atoms with Crippen LogP contribution in [0.4, 0.5) is 0 Å². The van der Waals surface area contributed by atoms with Crippen LogP contribution in [0.1, 0.15) is 34.5 Å². The van der Waals surface area contributed by atoms with Crippen molar-refractivity contribution in [2.75, 3.05) is 13.2 Å². The number of carbonyl (C=O) groups excluding carboxylic acids is 1. The van der Waals surface area contributed by atoms with Gasteiger partial charge in [-0.2, -0.15) is 0 Å². The Bertz CT molecular complexity index is 949. The molecule has 4 rings (SSSR count). The number of Topliss-reactive ketones (excluding diaryl/α,β-unsaturated/α-hetero) is 1. The first-order valence-corrected chi connectivity index (χ1v) is 10.2. The molecule has 3 aliphatic rings. The van der Waals surface area contributed by atoms with Crippen molar-refractivity contribution in [1.29, 1.82) is 0 Å². The highest BCUT2D eigenvalue weighted by molar-refractivity contribution is 6.01. The number of hydrogen-bond acceptors (Lipinski definition) is 13. The number of aliphatic hydroxyl groups excluding tert-OH is 7. The fraction of sp³-hybridized carbons (Fsp3) is 0.650. The quantitative estimate of drug-likeness (QED) is 0.194. The zero-order valence-corrected chi connectivity index (χ0v) is 17.4. The minimum absolute atomic E-state index is 0.130. The van der Waals surface area contributed by atoms with Crippen LogP contribution in [-0.4, -0.2) is 113 Å². The molecule has 9 atom stereocenters. The summed E-state index contributed by atoms with van der Waals surface area (Å²) >= 11 is 0. The molecule has 2 saturated heterocycles. The van der Waals surface area contributed by atoms with Gasteiger partial charge in [-0.25, -0.2) is 0 Å². The first-order chi connectivity index (χ1) is 15.5. The SMILES string of the molecule is CC(=O)c1c(O)c([C@@H]2O[C@H](CO)[C@@H](O)[C@H](O)[C@H]2O)c(O)c2c1O[C@@]1(C2)O[C@@H](CO)[C@H](O)[C@H]1O. The summed E-state index contributed by atoms with van der Waals surface area (Å²) in [5, 5.41) is 92.0. The van der Waals surface area contributed by atoms with E-state index in [2.05, 4.69) is 0 Å². The maximum Gasteiger partial charge on any atom is 0.244 e. The Morgan fingerprint density at radius 2 is 1.58 bits per heavy atom. The van der Waals surface area contributed by atoms with E-state index in [0.717, 1.165) is 6.92 Å². The summed E-state index contributed by atoms with van der Waals surface area (Å²) in [4.78, 5) is 12.4. The lowest BCUT2D eigenvalue weighted by Gasteiger charge is -2.40. The molecule has 0 amide bonds. The van der Waals surface area contributed by atoms with Gasteiger partial charge in [0.2, 0.25) is 5.79 Å². The van der Waals surface area contributed by atoms with E-state index in [0.29, 0.717) is 0 Å². The molecule has 0 aliphatic carbocycles. The molecule has 0 saturated carbocycles. The van der Waals surface area contributed by atoms with Crippen LogP contribution in [0.5, 0.6) is 17.2 Å². The lowest BCUT2D eigenvalue weighted by molar-refractivity contribution is -0.232. The molecule has 1 aromatic rings. The van der Waals surface area contributed by atoms with Gasteiger partial charge in [0.15, 0.2) is 5.78 Å². The summed E-state index contributed by atoms with van der Waals surface area (Å²) < 4.78 is 16.6. The third-order valence-corrected chi connectivity index (χ3v) is 6.45. The number of aliphatic hydroxyl groups is 7. The lowest BCUT2D eigenvalue weighted by Crippen LogP contribution is -2.55. The van der Waals surface area contributed by atoms with Crippen molar-refractivity contribution in [3.63, 3.8) is 0 Å². The number of benzene rings is 1. The van der Waals surface area contributed by atoms with Crippen LogP contribution in [0.25, 0.3) is 0 Å². The zero-order valence-electron chi connectivity index (χ0n) is 17.4. The van der Waals surface area contributed by atoms with Gasteiger partial charge in [0.1, 0.15) is 71.6 Å². The molecule has 13 heteroatoms. The first-order valence-electron chi connectivity index (χ1n) is 10.2. The molecule has 33 heavy (non-hydrogen) atoms. The summed E-state index contributed by atoms with van der Waals surface area (Å²) in [5.41, 5.74) is -1.09. The van der Waals surface area contributed by atoms with Gasteiger partial charge in [-0.15, -0.1) is 0 Å². The van der Waals surface area contributed by atoms with Gasteiger partial charge < -0.3 is 60.2 Å². The molecular formula is C20H26O13. The minimum atomic E-state index is -1.99. The minimum Gasteiger partial charge on any atom is -0.507 e. The molecule has 0 bridgehead atoms. The van der Waals surface area contributed by atoms with Crippen LogP contribution < -0.4 is 4.74 Å². The van der Waals surface area contributed by atoms with Crippen molar-refractivity contribution < 1.29 is 65.0 Å². The first kappa shape index (κ1) is 24.1. The fourth-order valence-corrected chi connectivity index (χ4v) is 4.68. The number of phenols is 2. The van der Waals surface area contributed by atoms with Crippen LogP contribution in [0.15, 0.2) is 0 Å². The summed E-state index contributed by atoms with van der Waals surface area (Å²) in [7, 11) is 0. The van der Waals surface area contributed by atoms with Gasteiger partial charge in [0.25, 0.3) is 0 Å². The smallest absolute Gasteiger partial charge is 0.244 e. The van der Waals surface area contributed by atoms with Crippen LogP contribution in [0.3, 0.4) is 0 Å². The largest absolute Gasteiger partial charge is 0.507 e. The lowest BCUT2D eigenvalue weighted by atomic mass is 9.86. The Morgan fingerprint density at radius 1 is 0.939 bits per heavy atom. The predicted molar refractivity (Wildman–Crippen MR) is 104 cm³/mol. The van der Waals surface area contributed by atoms with E-state index in [1.54, 1.807) is 0 Å². The average Bonchev–Trinajstić information content (AvgIpc) is 3.26. The van der Waals surface area contributed by atoms with Crippen molar-refractivity contribution in [2.45, 2.75) is 68.0 Å². The summed E-state index contributed by atoms with van der Waals surface area (Å²) in [6, 6.07) is 0. The molecule has 9 N–H and O–H groups in total. The molecule has 1 aromatic carbocycles. The van der Waals surface area contributed by atoms with Gasteiger partial charge in [-0.3, -0.25) is 4.79 Å². The standard InChI is InChI=1S/C20H26O13/c1-5(23)9-14(27)10(18-16(29)15(28)12(25)7(3-21)31-18)11(24)6-2-20(33-17(6)9)19(30)13(26)8(4-22)32-20/h7-8,12-13,15-16,18-19,21-22,24-30H,2-4H2,1H3/t7-,8+,12-,13+,15+,16-,18+,19-,20-/m1/s1. The van der Waals surface area contributed by atoms with Crippen molar-refractivity contribution in [3.8, 4) is 17.2 Å². The Labute approximate surface area is 186 Å². The number of phenolic OH excluding ortho intramolecular Hbond substituents is 2. The van der Waals surface area contributed by atoms with Crippen molar-refractivity contribution in [3.05, 3.63) is 16.7 Å². The van der Waals surface area contributed by atoms with Crippen LogP contribution in [0.2, 0.25) is 0 Å². The molecular weight excluding hydrogens is 448 g/mol. The number of hydrogen-bond donors (Lipinski definition) is 9. The van der Waals surface area contributed by atoms with E-state index >= 15 is 0 Å². The normalized spacial score (nSPS) is 40.1. The molecule has 3 heterocycles. The van der Waals surface area contributed by atoms with Crippen LogP contribution in [-0.2, 0) is 15.9 Å². The molecule has 0 unspecified atom stereocenters. The molecule has 0 aromatic heterocycles. The molecule has 0 radical (unpaired) electrons. The maximum absolute atomic E-state index is 12.4. The number of ketones is 1. The Kier molecular flexibility index (Phi) is 6.05. The number of aromatic hydroxyl groups is 2. The summed E-state index contributed by atoms with van der Waals surface area (Å²) in [5.74, 6) is -4.63. The molecule has 13 nitrogen and oxygen atoms in total. The molecule has 3 aliphatic heterocycles. The Balaban J connectivity index is 1.85. The average molecular weight is 474 g/mol. The van der Waals surface area contributed by atoms with Crippen LogP contribution in [0, 0.1) is 0 Å². The third-order valence-electron chi connectivity index (χ3n) is 6.45.